The van der Waals surface area contributed by atoms with Crippen molar-refractivity contribution in [2.24, 2.45) is 0 Å². The van der Waals surface area contributed by atoms with Gasteiger partial charge in [-0.1, -0.05) is 48.5 Å². The van der Waals surface area contributed by atoms with Gasteiger partial charge in [0.25, 0.3) is 0 Å². The normalized spacial score (nSPS) is 19.8. The summed E-state index contributed by atoms with van der Waals surface area (Å²) >= 11 is 0. The van der Waals surface area contributed by atoms with E-state index < -0.39 is 0 Å². The molecule has 0 aromatic heterocycles. The molecule has 1 N–H and O–H groups in total. The van der Waals surface area contributed by atoms with Gasteiger partial charge in [0.05, 0.1) is 0 Å². The van der Waals surface area contributed by atoms with Crippen molar-refractivity contribution in [3.63, 3.8) is 0 Å². The molecule has 0 bridgehead atoms. The van der Waals surface area contributed by atoms with Crippen LogP contribution in [0.3, 0.4) is 0 Å². The molecule has 0 spiro atoms. The van der Waals surface area contributed by atoms with Crippen LogP contribution in [0.5, 0.6) is 0 Å². The molecule has 3 heteroatoms. The van der Waals surface area contributed by atoms with Crippen LogP contribution in [0.2, 0.25) is 0 Å². The van der Waals surface area contributed by atoms with E-state index in [1.54, 1.807) is 12.1 Å². The topological polar surface area (TPSA) is 15.3 Å². The van der Waals surface area contributed by atoms with Crippen LogP contribution in [-0.2, 0) is 13.0 Å². The number of hydrogen-bond acceptors (Lipinski definition) is 2. The third-order valence-corrected chi connectivity index (χ3v) is 4.24. The maximum Gasteiger partial charge on any atom is 0.127 e. The largest absolute Gasteiger partial charge is 0.312 e. The summed E-state index contributed by atoms with van der Waals surface area (Å²) < 4.78 is 13.8. The lowest BCUT2D eigenvalue weighted by Gasteiger charge is -2.24. The first-order valence-corrected chi connectivity index (χ1v) is 8.04. The maximum atomic E-state index is 13.8. The number of nitrogens with zero attached hydrogens (tertiary/aromatic N) is 1. The minimum Gasteiger partial charge on any atom is -0.312 e. The number of halogens is 1. The second kappa shape index (κ2) is 7.52. The van der Waals surface area contributed by atoms with E-state index >= 15 is 0 Å². The van der Waals surface area contributed by atoms with Gasteiger partial charge in [-0.25, -0.2) is 4.39 Å². The summed E-state index contributed by atoms with van der Waals surface area (Å²) in [4.78, 5) is 2.37. The molecule has 0 radical (unpaired) electrons. The Bertz CT molecular complexity index is 585. The van der Waals surface area contributed by atoms with Gasteiger partial charge in [-0.2, -0.15) is 0 Å². The quantitative estimate of drug-likeness (QED) is 0.932. The Kier molecular flexibility index (Phi) is 5.20. The Morgan fingerprint density at radius 3 is 2.64 bits per heavy atom. The lowest BCUT2D eigenvalue weighted by Crippen LogP contribution is -2.39. The molecule has 1 saturated heterocycles. The summed E-state index contributed by atoms with van der Waals surface area (Å²) in [5, 5.41) is 3.63. The smallest absolute Gasteiger partial charge is 0.127 e. The third-order valence-electron chi connectivity index (χ3n) is 4.24. The molecule has 116 valence electrons. The highest BCUT2D eigenvalue weighted by molar-refractivity contribution is 5.18. The van der Waals surface area contributed by atoms with Crippen LogP contribution in [0.25, 0.3) is 0 Å². The van der Waals surface area contributed by atoms with Crippen LogP contribution in [-0.4, -0.2) is 30.6 Å². The summed E-state index contributed by atoms with van der Waals surface area (Å²) in [6.45, 7) is 3.71. The fourth-order valence-corrected chi connectivity index (χ4v) is 3.12. The van der Waals surface area contributed by atoms with Crippen LogP contribution >= 0.6 is 0 Å². The SMILES string of the molecule is Fc1ccccc1CN1CCCNC(Cc2ccccc2)C1. The van der Waals surface area contributed by atoms with Gasteiger partial charge in [-0.3, -0.25) is 4.90 Å². The maximum absolute atomic E-state index is 13.8. The molecule has 1 atom stereocenters. The van der Waals surface area contributed by atoms with Crippen molar-refractivity contribution < 1.29 is 4.39 Å². The zero-order valence-corrected chi connectivity index (χ0v) is 12.8. The minimum absolute atomic E-state index is 0.0979. The molecule has 1 unspecified atom stereocenters. The first kappa shape index (κ1) is 15.2. The predicted molar refractivity (Wildman–Crippen MR) is 88.2 cm³/mol. The third kappa shape index (κ3) is 4.15. The number of hydrogen-bond donors (Lipinski definition) is 1. The van der Waals surface area contributed by atoms with Gasteiger partial charge in [0, 0.05) is 24.7 Å². The average molecular weight is 298 g/mol. The number of benzene rings is 2. The van der Waals surface area contributed by atoms with Crippen molar-refractivity contribution in [1.29, 1.82) is 0 Å². The van der Waals surface area contributed by atoms with E-state index in [0.717, 1.165) is 38.0 Å². The van der Waals surface area contributed by atoms with Crippen molar-refractivity contribution in [1.82, 2.24) is 10.2 Å². The van der Waals surface area contributed by atoms with Crippen LogP contribution in [0.15, 0.2) is 54.6 Å². The number of nitrogens with one attached hydrogen (secondary N) is 1. The lowest BCUT2D eigenvalue weighted by atomic mass is 10.1. The zero-order chi connectivity index (χ0) is 15.2. The Hall–Kier alpha value is -1.71. The van der Waals surface area contributed by atoms with Crippen molar-refractivity contribution in [3.8, 4) is 0 Å². The van der Waals surface area contributed by atoms with Gasteiger partial charge in [-0.15, -0.1) is 0 Å². The molecule has 2 nitrogen and oxygen atoms in total. The molecule has 0 aliphatic carbocycles. The molecule has 2 aromatic rings. The van der Waals surface area contributed by atoms with Gasteiger partial charge < -0.3 is 5.32 Å². The highest BCUT2D eigenvalue weighted by atomic mass is 19.1. The van der Waals surface area contributed by atoms with Gasteiger partial charge in [0.2, 0.25) is 0 Å². The monoisotopic (exact) mass is 298 g/mol. The molecule has 2 aromatic carbocycles. The number of rotatable bonds is 4. The van der Waals surface area contributed by atoms with Crippen LogP contribution in [0.1, 0.15) is 17.5 Å². The van der Waals surface area contributed by atoms with Crippen molar-refractivity contribution in [2.75, 3.05) is 19.6 Å². The molecule has 3 rings (SSSR count). The Balaban J connectivity index is 1.64. The summed E-state index contributed by atoms with van der Waals surface area (Å²) in [6.07, 6.45) is 2.13. The molecule has 22 heavy (non-hydrogen) atoms. The van der Waals surface area contributed by atoms with Crippen molar-refractivity contribution in [3.05, 3.63) is 71.5 Å². The van der Waals surface area contributed by atoms with Crippen LogP contribution in [0, 0.1) is 5.82 Å². The molecular weight excluding hydrogens is 275 g/mol. The average Bonchev–Trinajstić information content (AvgIpc) is 2.76. The highest BCUT2D eigenvalue weighted by Gasteiger charge is 2.18. The predicted octanol–water partition coefficient (Wildman–Crippen LogP) is 3.23. The van der Waals surface area contributed by atoms with Gasteiger partial charge >= 0.3 is 0 Å². The van der Waals surface area contributed by atoms with Gasteiger partial charge in [0.15, 0.2) is 0 Å². The summed E-state index contributed by atoms with van der Waals surface area (Å²) in [7, 11) is 0. The van der Waals surface area contributed by atoms with E-state index in [-0.39, 0.29) is 5.82 Å². The Morgan fingerprint density at radius 1 is 1.05 bits per heavy atom. The molecule has 0 amide bonds. The van der Waals surface area contributed by atoms with E-state index in [2.05, 4.69) is 40.5 Å². The molecule has 1 aliphatic rings. The van der Waals surface area contributed by atoms with E-state index in [1.165, 1.54) is 5.56 Å². The summed E-state index contributed by atoms with van der Waals surface area (Å²) in [5.74, 6) is -0.0979. The molecule has 1 aliphatic heterocycles. The van der Waals surface area contributed by atoms with E-state index in [1.807, 2.05) is 12.1 Å². The zero-order valence-electron chi connectivity index (χ0n) is 12.8. The standard InChI is InChI=1S/C19H23FN2/c20-19-10-5-4-9-17(19)14-22-12-6-11-21-18(15-22)13-16-7-2-1-3-8-16/h1-5,7-10,18,21H,6,11-15H2. The Labute approximate surface area is 132 Å². The van der Waals surface area contributed by atoms with E-state index in [9.17, 15) is 4.39 Å². The Morgan fingerprint density at radius 2 is 1.82 bits per heavy atom. The van der Waals surface area contributed by atoms with Crippen molar-refractivity contribution in [2.45, 2.75) is 25.4 Å². The van der Waals surface area contributed by atoms with E-state index in [4.69, 9.17) is 0 Å². The van der Waals surface area contributed by atoms with E-state index in [0.29, 0.717) is 12.6 Å². The minimum atomic E-state index is -0.0979. The fraction of sp³-hybridized carbons (Fsp3) is 0.368. The summed E-state index contributed by atoms with van der Waals surface area (Å²) in [6, 6.07) is 18.1. The molecule has 1 heterocycles. The first-order valence-electron chi connectivity index (χ1n) is 8.04. The highest BCUT2D eigenvalue weighted by Crippen LogP contribution is 2.13. The fourth-order valence-electron chi connectivity index (χ4n) is 3.12. The van der Waals surface area contributed by atoms with Crippen LogP contribution in [0.4, 0.5) is 4.39 Å². The summed E-state index contributed by atoms with van der Waals surface area (Å²) in [5.41, 5.74) is 2.15. The first-order chi connectivity index (χ1) is 10.8. The van der Waals surface area contributed by atoms with Gasteiger partial charge in [-0.05, 0) is 37.6 Å². The molecular formula is C19H23FN2. The second-order valence-corrected chi connectivity index (χ2v) is 6.02. The van der Waals surface area contributed by atoms with Gasteiger partial charge in [0.1, 0.15) is 5.82 Å². The van der Waals surface area contributed by atoms with Crippen LogP contribution < -0.4 is 5.32 Å². The molecule has 1 fully saturated rings. The second-order valence-electron chi connectivity index (χ2n) is 6.02. The van der Waals surface area contributed by atoms with Crippen molar-refractivity contribution >= 4 is 0 Å². The lowest BCUT2D eigenvalue weighted by molar-refractivity contribution is 0.255. The molecule has 0 saturated carbocycles.